The molecule has 1 N–H and O–H groups in total. The van der Waals surface area contributed by atoms with Crippen LogP contribution < -0.4 is 5.32 Å². The van der Waals surface area contributed by atoms with E-state index >= 15 is 0 Å². The monoisotopic (exact) mass is 499 g/mol. The number of amides is 1. The van der Waals surface area contributed by atoms with Crippen molar-refractivity contribution in [2.75, 3.05) is 6.54 Å². The molecule has 1 aliphatic heterocycles. The van der Waals surface area contributed by atoms with Gasteiger partial charge in [0.15, 0.2) is 0 Å². The molecule has 1 aromatic heterocycles. The molecule has 0 fully saturated rings. The fraction of sp³-hybridized carbons (Fsp3) is 0.217. The van der Waals surface area contributed by atoms with E-state index < -0.39 is 16.1 Å². The van der Waals surface area contributed by atoms with Crippen molar-refractivity contribution in [2.45, 2.75) is 30.3 Å². The zero-order chi connectivity index (χ0) is 21.8. The molecule has 0 saturated heterocycles. The summed E-state index contributed by atoms with van der Waals surface area (Å²) in [6.45, 7) is 0.626. The second-order valence-corrected chi connectivity index (χ2v) is 10.1. The molecular weight excluding hydrogens is 478 g/mol. The molecule has 0 bridgehead atoms. The number of hydrogen-bond acceptors (Lipinski definition) is 4. The van der Waals surface area contributed by atoms with E-state index in [2.05, 4.69) is 26.2 Å². The van der Waals surface area contributed by atoms with Gasteiger partial charge in [-0.3, -0.25) is 9.78 Å². The van der Waals surface area contributed by atoms with E-state index in [0.717, 1.165) is 21.3 Å². The maximum absolute atomic E-state index is 13.4. The number of sulfonamides is 1. The van der Waals surface area contributed by atoms with Gasteiger partial charge in [0.05, 0.1) is 23.2 Å². The van der Waals surface area contributed by atoms with Crippen molar-refractivity contribution < 1.29 is 13.2 Å². The van der Waals surface area contributed by atoms with Crippen LogP contribution in [0.4, 0.5) is 0 Å². The third kappa shape index (κ3) is 4.87. The maximum atomic E-state index is 13.4. The van der Waals surface area contributed by atoms with Gasteiger partial charge in [-0.15, -0.1) is 0 Å². The summed E-state index contributed by atoms with van der Waals surface area (Å²) in [6, 6.07) is 19.3. The van der Waals surface area contributed by atoms with Gasteiger partial charge in [-0.2, -0.15) is 4.31 Å². The van der Waals surface area contributed by atoms with Gasteiger partial charge in [0, 0.05) is 23.6 Å². The summed E-state index contributed by atoms with van der Waals surface area (Å²) < 4.78 is 29.2. The minimum Gasteiger partial charge on any atom is -0.350 e. The Morgan fingerprint density at radius 2 is 1.81 bits per heavy atom. The summed E-state index contributed by atoms with van der Waals surface area (Å²) in [7, 11) is -3.76. The lowest BCUT2D eigenvalue weighted by atomic mass is 9.92. The summed E-state index contributed by atoms with van der Waals surface area (Å²) in [4.78, 5) is 17.2. The van der Waals surface area contributed by atoms with Crippen molar-refractivity contribution in [3.05, 3.63) is 94.2 Å². The lowest BCUT2D eigenvalue weighted by Crippen LogP contribution is -2.42. The van der Waals surface area contributed by atoms with E-state index in [4.69, 9.17) is 0 Å². The van der Waals surface area contributed by atoms with Crippen LogP contribution in [0.5, 0.6) is 0 Å². The Labute approximate surface area is 190 Å². The van der Waals surface area contributed by atoms with Crippen LogP contribution in [0.3, 0.4) is 0 Å². The van der Waals surface area contributed by atoms with Gasteiger partial charge in [0.2, 0.25) is 15.9 Å². The summed E-state index contributed by atoms with van der Waals surface area (Å²) in [5.74, 6) is -0.219. The lowest BCUT2D eigenvalue weighted by Gasteiger charge is -2.36. The van der Waals surface area contributed by atoms with Crippen LogP contribution in [0.1, 0.15) is 29.3 Å². The number of hydrogen-bond donors (Lipinski definition) is 1. The average Bonchev–Trinajstić information content (AvgIpc) is 2.79. The normalized spacial score (nSPS) is 16.5. The molecule has 2 heterocycles. The smallest absolute Gasteiger partial charge is 0.243 e. The van der Waals surface area contributed by atoms with Crippen molar-refractivity contribution in [2.24, 2.45) is 0 Å². The third-order valence-electron chi connectivity index (χ3n) is 5.36. The van der Waals surface area contributed by atoms with Crippen molar-refractivity contribution in [1.29, 1.82) is 0 Å². The topological polar surface area (TPSA) is 79.4 Å². The number of carbonyl (C=O) groups excluding carboxylic acids is 1. The van der Waals surface area contributed by atoms with Gasteiger partial charge < -0.3 is 5.32 Å². The summed E-state index contributed by atoms with van der Waals surface area (Å²) >= 11 is 3.34. The van der Waals surface area contributed by atoms with Gasteiger partial charge in [-0.05, 0) is 53.9 Å². The molecule has 8 heteroatoms. The molecule has 1 amide bonds. The van der Waals surface area contributed by atoms with Crippen molar-refractivity contribution >= 4 is 31.9 Å². The highest BCUT2D eigenvalue weighted by Gasteiger charge is 2.37. The molecule has 3 aromatic rings. The van der Waals surface area contributed by atoms with Crippen LogP contribution >= 0.6 is 15.9 Å². The molecule has 1 aliphatic rings. The second-order valence-electron chi connectivity index (χ2n) is 7.34. The number of nitrogens with zero attached hydrogens (tertiary/aromatic N) is 2. The molecule has 160 valence electrons. The Morgan fingerprint density at radius 3 is 2.55 bits per heavy atom. The summed E-state index contributed by atoms with van der Waals surface area (Å²) in [6.07, 6.45) is 2.32. The van der Waals surface area contributed by atoms with Crippen molar-refractivity contribution in [1.82, 2.24) is 14.6 Å². The minimum absolute atomic E-state index is 0.0413. The average molecular weight is 500 g/mol. The zero-order valence-corrected chi connectivity index (χ0v) is 19.1. The highest BCUT2D eigenvalue weighted by atomic mass is 79.9. The van der Waals surface area contributed by atoms with Crippen LogP contribution in [-0.2, 0) is 27.8 Å². The van der Waals surface area contributed by atoms with E-state index in [1.54, 1.807) is 30.5 Å². The predicted molar refractivity (Wildman–Crippen MR) is 122 cm³/mol. The fourth-order valence-corrected chi connectivity index (χ4v) is 5.68. The van der Waals surface area contributed by atoms with E-state index in [9.17, 15) is 13.2 Å². The number of fused-ring (bicyclic) bond motifs is 1. The summed E-state index contributed by atoms with van der Waals surface area (Å²) in [5, 5.41) is 2.87. The number of benzene rings is 2. The largest absolute Gasteiger partial charge is 0.350 e. The molecule has 2 aromatic carbocycles. The van der Waals surface area contributed by atoms with Gasteiger partial charge in [-0.1, -0.05) is 46.3 Å². The number of pyridine rings is 1. The van der Waals surface area contributed by atoms with E-state index in [1.807, 2.05) is 42.5 Å². The molecular formula is C23H22BrN3O3S. The van der Waals surface area contributed by atoms with Crippen LogP contribution in [0.15, 0.2) is 82.3 Å². The fourth-order valence-electron chi connectivity index (χ4n) is 3.81. The Morgan fingerprint density at radius 1 is 1.06 bits per heavy atom. The maximum Gasteiger partial charge on any atom is 0.243 e. The Bertz CT molecular complexity index is 1170. The molecule has 0 aliphatic carbocycles. The molecule has 4 rings (SSSR count). The van der Waals surface area contributed by atoms with E-state index in [-0.39, 0.29) is 17.2 Å². The highest BCUT2D eigenvalue weighted by molar-refractivity contribution is 9.10. The van der Waals surface area contributed by atoms with Crippen LogP contribution in [0.25, 0.3) is 0 Å². The van der Waals surface area contributed by atoms with Crippen molar-refractivity contribution in [3.63, 3.8) is 0 Å². The minimum atomic E-state index is -3.76. The van der Waals surface area contributed by atoms with Crippen LogP contribution in [-0.4, -0.2) is 30.2 Å². The Kier molecular flexibility index (Phi) is 6.50. The predicted octanol–water partition coefficient (Wildman–Crippen LogP) is 3.84. The first kappa shape index (κ1) is 21.7. The third-order valence-corrected chi connectivity index (χ3v) is 7.81. The molecule has 0 saturated carbocycles. The first-order valence-electron chi connectivity index (χ1n) is 9.97. The van der Waals surface area contributed by atoms with Gasteiger partial charge in [-0.25, -0.2) is 8.42 Å². The van der Waals surface area contributed by atoms with E-state index in [1.165, 1.54) is 4.31 Å². The van der Waals surface area contributed by atoms with Crippen molar-refractivity contribution in [3.8, 4) is 0 Å². The lowest BCUT2D eigenvalue weighted by molar-refractivity contribution is -0.122. The Hall–Kier alpha value is -2.55. The molecule has 0 radical (unpaired) electrons. The van der Waals surface area contributed by atoms with Crippen LogP contribution in [0, 0.1) is 0 Å². The SMILES string of the molecule is O=C(C[C@@H]1c2ccccc2CCN1S(=O)(=O)c1ccc(Br)cc1)NCc1ccccn1. The molecule has 31 heavy (non-hydrogen) atoms. The number of aromatic nitrogens is 1. The van der Waals surface area contributed by atoms with Crippen LogP contribution in [0.2, 0.25) is 0 Å². The standard InChI is InChI=1S/C23H22BrN3O3S/c24-18-8-10-20(11-9-18)31(29,30)27-14-12-17-5-1-2-7-21(17)22(27)15-23(28)26-16-19-6-3-4-13-25-19/h1-11,13,22H,12,14-16H2,(H,26,28)/t22-/m1/s1. The van der Waals surface area contributed by atoms with Gasteiger partial charge in [0.1, 0.15) is 0 Å². The van der Waals surface area contributed by atoms with E-state index in [0.29, 0.717) is 19.5 Å². The molecule has 6 nitrogen and oxygen atoms in total. The number of carbonyl (C=O) groups is 1. The van der Waals surface area contributed by atoms with Gasteiger partial charge >= 0.3 is 0 Å². The number of nitrogens with one attached hydrogen (secondary N) is 1. The highest BCUT2D eigenvalue weighted by Crippen LogP contribution is 2.36. The zero-order valence-electron chi connectivity index (χ0n) is 16.7. The number of halogens is 1. The molecule has 1 atom stereocenters. The van der Waals surface area contributed by atoms with Gasteiger partial charge in [0.25, 0.3) is 0 Å². The Balaban J connectivity index is 1.60. The molecule has 0 spiro atoms. The first-order valence-corrected chi connectivity index (χ1v) is 12.2. The summed E-state index contributed by atoms with van der Waals surface area (Å²) in [5.41, 5.74) is 2.70. The second kappa shape index (κ2) is 9.30. The quantitative estimate of drug-likeness (QED) is 0.558. The molecule has 0 unspecified atom stereocenters. The first-order chi connectivity index (χ1) is 14.9. The number of rotatable bonds is 6.